The minimum Gasteiger partial charge on any atom is -0.326 e. The normalized spacial score (nSPS) is 9.95. The summed E-state index contributed by atoms with van der Waals surface area (Å²) in [7, 11) is 0. The summed E-state index contributed by atoms with van der Waals surface area (Å²) in [5, 5.41) is 12.3. The molecule has 0 aliphatic heterocycles. The summed E-state index contributed by atoms with van der Waals surface area (Å²) in [4.78, 5) is 11.9. The first-order chi connectivity index (χ1) is 10.1. The van der Waals surface area contributed by atoms with Crippen molar-refractivity contribution in [1.29, 1.82) is 5.26 Å². The van der Waals surface area contributed by atoms with Gasteiger partial charge in [-0.25, -0.2) is 0 Å². The Morgan fingerprint density at radius 1 is 1.10 bits per heavy atom. The van der Waals surface area contributed by atoms with E-state index in [-0.39, 0.29) is 5.91 Å². The topological polar surface area (TPSA) is 52.9 Å². The molecule has 21 heavy (non-hydrogen) atoms. The molecule has 5 heteroatoms. The second-order valence-corrected chi connectivity index (χ2v) is 5.30. The third-order valence-corrected chi connectivity index (χ3v) is 3.67. The molecule has 2 aromatic carbocycles. The van der Waals surface area contributed by atoms with Crippen LogP contribution in [0.5, 0.6) is 0 Å². The zero-order valence-corrected chi connectivity index (χ0v) is 12.6. The van der Waals surface area contributed by atoms with E-state index in [1.165, 1.54) is 0 Å². The van der Waals surface area contributed by atoms with E-state index < -0.39 is 0 Å². The smallest absolute Gasteiger partial charge is 0.224 e. The molecule has 0 aliphatic rings. The lowest BCUT2D eigenvalue weighted by atomic mass is 10.1. The third kappa shape index (κ3) is 4.49. The van der Waals surface area contributed by atoms with Crippen LogP contribution in [-0.2, 0) is 11.2 Å². The van der Waals surface area contributed by atoms with Gasteiger partial charge in [0.05, 0.1) is 21.7 Å². The van der Waals surface area contributed by atoms with Gasteiger partial charge < -0.3 is 5.32 Å². The first-order valence-corrected chi connectivity index (χ1v) is 7.08. The van der Waals surface area contributed by atoms with Crippen LogP contribution in [0.1, 0.15) is 17.5 Å². The number of rotatable bonds is 4. The van der Waals surface area contributed by atoms with Gasteiger partial charge >= 0.3 is 0 Å². The zero-order valence-electron chi connectivity index (χ0n) is 11.1. The van der Waals surface area contributed by atoms with Crippen LogP contribution in [0.25, 0.3) is 0 Å². The van der Waals surface area contributed by atoms with Crippen LogP contribution in [0.3, 0.4) is 0 Å². The van der Waals surface area contributed by atoms with E-state index in [9.17, 15) is 4.79 Å². The molecular weight excluding hydrogens is 307 g/mol. The maximum absolute atomic E-state index is 11.9. The number of anilines is 1. The molecule has 0 saturated carbocycles. The number of nitrogens with zero attached hydrogens (tertiary/aromatic N) is 1. The summed E-state index contributed by atoms with van der Waals surface area (Å²) in [6.07, 6.45) is 0.963. The average molecular weight is 319 g/mol. The van der Waals surface area contributed by atoms with Crippen LogP contribution in [-0.4, -0.2) is 5.91 Å². The summed E-state index contributed by atoms with van der Waals surface area (Å²) < 4.78 is 0. The van der Waals surface area contributed by atoms with E-state index >= 15 is 0 Å². The van der Waals surface area contributed by atoms with Crippen molar-refractivity contribution in [2.45, 2.75) is 12.8 Å². The monoisotopic (exact) mass is 318 g/mol. The average Bonchev–Trinajstić information content (AvgIpc) is 2.49. The highest BCUT2D eigenvalue weighted by atomic mass is 35.5. The lowest BCUT2D eigenvalue weighted by molar-refractivity contribution is -0.116. The number of carbonyl (C=O) groups is 1. The molecule has 2 rings (SSSR count). The number of hydrogen-bond acceptors (Lipinski definition) is 2. The highest BCUT2D eigenvalue weighted by molar-refractivity contribution is 6.42. The molecule has 0 saturated heterocycles. The Bertz CT molecular complexity index is 690. The summed E-state index contributed by atoms with van der Waals surface area (Å²) in [5.74, 6) is -0.0993. The van der Waals surface area contributed by atoms with Crippen molar-refractivity contribution < 1.29 is 4.79 Å². The van der Waals surface area contributed by atoms with Gasteiger partial charge in [0.25, 0.3) is 0 Å². The minimum atomic E-state index is -0.0993. The van der Waals surface area contributed by atoms with Crippen LogP contribution >= 0.6 is 23.2 Å². The molecule has 0 fully saturated rings. The zero-order chi connectivity index (χ0) is 15.2. The largest absolute Gasteiger partial charge is 0.326 e. The number of carbonyl (C=O) groups excluding carboxylic acids is 1. The van der Waals surface area contributed by atoms with E-state index in [4.69, 9.17) is 28.5 Å². The second-order valence-electron chi connectivity index (χ2n) is 4.49. The quantitative estimate of drug-likeness (QED) is 0.906. The second kappa shape index (κ2) is 7.12. The Hall–Kier alpha value is -2.02. The third-order valence-electron chi connectivity index (χ3n) is 2.93. The van der Waals surface area contributed by atoms with Crippen molar-refractivity contribution in [2.75, 3.05) is 5.32 Å². The highest BCUT2D eigenvalue weighted by Gasteiger charge is 2.05. The van der Waals surface area contributed by atoms with E-state index in [0.717, 1.165) is 5.56 Å². The number of hydrogen-bond donors (Lipinski definition) is 1. The number of halogens is 2. The molecule has 2 aromatic rings. The molecule has 106 valence electrons. The number of nitrogens with one attached hydrogen (secondary N) is 1. The predicted octanol–water partition coefficient (Wildman–Crippen LogP) is 4.44. The summed E-state index contributed by atoms with van der Waals surface area (Å²) in [6, 6.07) is 14.2. The summed E-state index contributed by atoms with van der Waals surface area (Å²) in [6.45, 7) is 0. The van der Waals surface area contributed by atoms with E-state index in [1.807, 2.05) is 12.1 Å². The molecule has 1 amide bonds. The molecule has 0 spiro atoms. The molecular formula is C16H12Cl2N2O. The van der Waals surface area contributed by atoms with Gasteiger partial charge in [0, 0.05) is 12.1 Å². The molecule has 0 radical (unpaired) electrons. The van der Waals surface area contributed by atoms with Crippen LogP contribution in [0, 0.1) is 11.3 Å². The molecule has 0 heterocycles. The number of amides is 1. The van der Waals surface area contributed by atoms with E-state index in [0.29, 0.717) is 34.1 Å². The first kappa shape index (κ1) is 15.4. The van der Waals surface area contributed by atoms with Crippen molar-refractivity contribution in [3.63, 3.8) is 0 Å². The molecule has 0 aliphatic carbocycles. The van der Waals surface area contributed by atoms with E-state index in [1.54, 1.807) is 30.3 Å². The summed E-state index contributed by atoms with van der Waals surface area (Å²) in [5.41, 5.74) is 2.24. The fraction of sp³-hybridized carbons (Fsp3) is 0.125. The Balaban J connectivity index is 1.89. The molecule has 0 aromatic heterocycles. The SMILES string of the molecule is N#Cc1ccc(CCC(=O)Nc2ccc(Cl)c(Cl)c2)cc1. The molecule has 0 atom stereocenters. The maximum Gasteiger partial charge on any atom is 0.224 e. The van der Waals surface area contributed by atoms with Gasteiger partial charge in [-0.2, -0.15) is 5.26 Å². The van der Waals surface area contributed by atoms with Gasteiger partial charge in [-0.15, -0.1) is 0 Å². The molecule has 0 bridgehead atoms. The fourth-order valence-electron chi connectivity index (χ4n) is 1.80. The van der Waals surface area contributed by atoms with Gasteiger partial charge in [-0.05, 0) is 42.3 Å². The van der Waals surface area contributed by atoms with Crippen LogP contribution in [0.4, 0.5) is 5.69 Å². The molecule has 1 N–H and O–H groups in total. The van der Waals surface area contributed by atoms with Gasteiger partial charge in [-0.1, -0.05) is 35.3 Å². The predicted molar refractivity (Wildman–Crippen MR) is 84.6 cm³/mol. The highest BCUT2D eigenvalue weighted by Crippen LogP contribution is 2.25. The number of aryl methyl sites for hydroxylation is 1. The van der Waals surface area contributed by atoms with Gasteiger partial charge in [-0.3, -0.25) is 4.79 Å². The minimum absolute atomic E-state index is 0.0993. The summed E-state index contributed by atoms with van der Waals surface area (Å²) >= 11 is 11.7. The van der Waals surface area contributed by atoms with Gasteiger partial charge in [0.2, 0.25) is 5.91 Å². The van der Waals surface area contributed by atoms with Crippen molar-refractivity contribution in [2.24, 2.45) is 0 Å². The van der Waals surface area contributed by atoms with E-state index in [2.05, 4.69) is 11.4 Å². The maximum atomic E-state index is 11.9. The molecule has 0 unspecified atom stereocenters. The lowest BCUT2D eigenvalue weighted by Crippen LogP contribution is -2.12. The Morgan fingerprint density at radius 3 is 2.43 bits per heavy atom. The van der Waals surface area contributed by atoms with Crippen molar-refractivity contribution >= 4 is 34.8 Å². The Morgan fingerprint density at radius 2 is 1.81 bits per heavy atom. The number of nitriles is 1. The van der Waals surface area contributed by atoms with Crippen LogP contribution in [0.2, 0.25) is 10.0 Å². The Kier molecular flexibility index (Phi) is 5.21. The number of benzene rings is 2. The van der Waals surface area contributed by atoms with Gasteiger partial charge in [0.1, 0.15) is 0 Å². The van der Waals surface area contributed by atoms with Crippen molar-refractivity contribution in [3.8, 4) is 6.07 Å². The lowest BCUT2D eigenvalue weighted by Gasteiger charge is -2.06. The van der Waals surface area contributed by atoms with Crippen LogP contribution in [0.15, 0.2) is 42.5 Å². The Labute approximate surface area is 133 Å². The standard InChI is InChI=1S/C16H12Cl2N2O/c17-14-7-6-13(9-15(14)18)20-16(21)8-5-11-1-3-12(10-19)4-2-11/h1-4,6-7,9H,5,8H2,(H,20,21). The molecule has 3 nitrogen and oxygen atoms in total. The fourth-order valence-corrected chi connectivity index (χ4v) is 2.10. The van der Waals surface area contributed by atoms with Gasteiger partial charge in [0.15, 0.2) is 0 Å². The van der Waals surface area contributed by atoms with Crippen molar-refractivity contribution in [1.82, 2.24) is 0 Å². The van der Waals surface area contributed by atoms with Crippen molar-refractivity contribution in [3.05, 3.63) is 63.6 Å². The van der Waals surface area contributed by atoms with Crippen LogP contribution < -0.4 is 5.32 Å². The first-order valence-electron chi connectivity index (χ1n) is 6.32.